The molecule has 2 aliphatic carbocycles. The summed E-state index contributed by atoms with van der Waals surface area (Å²) in [6, 6.07) is 16.2. The number of hydrogen-bond donors (Lipinski definition) is 2. The molecule has 8 rings (SSSR count). The van der Waals surface area contributed by atoms with E-state index in [4.69, 9.17) is 21.9 Å². The number of ether oxygens (including phenoxy) is 1. The van der Waals surface area contributed by atoms with Crippen LogP contribution >= 0.6 is 12.2 Å². The normalized spacial score (nSPS) is 31.9. The minimum atomic E-state index is 0.0438. The lowest BCUT2D eigenvalue weighted by atomic mass is 9.49. The van der Waals surface area contributed by atoms with Crippen molar-refractivity contribution < 1.29 is 4.74 Å². The van der Waals surface area contributed by atoms with Gasteiger partial charge in [0.1, 0.15) is 5.75 Å². The largest absolute Gasteiger partial charge is 0.497 e. The summed E-state index contributed by atoms with van der Waals surface area (Å²) in [5.74, 6) is 3.28. The Kier molecular flexibility index (Phi) is 8.88. The molecule has 3 saturated heterocycles. The SMILES string of the molecule is C=C[C@H]1CN2CC[C@H]1C[C@H]2[C@@H](NC(=S)NC[C@]1(C)CCC[C@]2(C)c3ccc(C(C)C)cc3CC[C@@H]12)c1ccnc2ccc(OC)cc12. The maximum atomic E-state index is 6.20. The average Bonchev–Trinajstić information content (AvgIpc) is 3.09. The Morgan fingerprint density at radius 2 is 2.00 bits per heavy atom. The van der Waals surface area contributed by atoms with Gasteiger partial charge in [-0.1, -0.05) is 58.4 Å². The van der Waals surface area contributed by atoms with Crippen molar-refractivity contribution in [2.24, 2.45) is 23.2 Å². The van der Waals surface area contributed by atoms with Gasteiger partial charge in [0.25, 0.3) is 0 Å². The zero-order valence-electron chi connectivity index (χ0n) is 29.1. The number of fused-ring (bicyclic) bond motifs is 7. The zero-order chi connectivity index (χ0) is 32.9. The Labute approximate surface area is 287 Å². The number of thiocarbonyl (C=S) groups is 1. The monoisotopic (exact) mass is 650 g/mol. The van der Waals surface area contributed by atoms with Crippen LogP contribution in [0.25, 0.3) is 10.9 Å². The fraction of sp³-hybridized carbons (Fsp3) is 0.561. The summed E-state index contributed by atoms with van der Waals surface area (Å²) < 4.78 is 5.66. The molecule has 1 unspecified atom stereocenters. The lowest BCUT2D eigenvalue weighted by molar-refractivity contribution is 0.00407. The van der Waals surface area contributed by atoms with Crippen LogP contribution in [0.5, 0.6) is 5.75 Å². The second-order valence-corrected chi connectivity index (χ2v) is 16.3. The van der Waals surface area contributed by atoms with Crippen molar-refractivity contribution in [3.05, 3.63) is 83.6 Å². The van der Waals surface area contributed by atoms with Gasteiger partial charge in [0.15, 0.2) is 5.11 Å². The lowest BCUT2D eigenvalue weighted by Gasteiger charge is -2.56. The first-order chi connectivity index (χ1) is 22.6. The van der Waals surface area contributed by atoms with Crippen LogP contribution < -0.4 is 15.4 Å². The van der Waals surface area contributed by atoms with E-state index in [0.717, 1.165) is 47.8 Å². The molecule has 8 atom stereocenters. The van der Waals surface area contributed by atoms with Gasteiger partial charge >= 0.3 is 0 Å². The third-order valence-corrected chi connectivity index (χ3v) is 13.2. The maximum absolute atomic E-state index is 6.20. The number of hydrogen-bond acceptors (Lipinski definition) is 4. The highest BCUT2D eigenvalue weighted by Gasteiger charge is 2.52. The molecule has 250 valence electrons. The van der Waals surface area contributed by atoms with Gasteiger partial charge in [-0.3, -0.25) is 9.88 Å². The number of piperidine rings is 3. The van der Waals surface area contributed by atoms with Crippen LogP contribution in [0.2, 0.25) is 0 Å². The first-order valence-corrected chi connectivity index (χ1v) is 18.5. The summed E-state index contributed by atoms with van der Waals surface area (Å²) in [4.78, 5) is 7.40. The number of nitrogens with one attached hydrogen (secondary N) is 2. The predicted molar refractivity (Wildman–Crippen MR) is 198 cm³/mol. The summed E-state index contributed by atoms with van der Waals surface area (Å²) in [7, 11) is 1.73. The van der Waals surface area contributed by atoms with Crippen LogP contribution in [-0.2, 0) is 11.8 Å². The van der Waals surface area contributed by atoms with Crippen LogP contribution in [0.1, 0.15) is 100 Å². The van der Waals surface area contributed by atoms with Gasteiger partial charge in [0, 0.05) is 30.7 Å². The highest BCUT2D eigenvalue weighted by Crippen LogP contribution is 2.57. The van der Waals surface area contributed by atoms with E-state index >= 15 is 0 Å². The van der Waals surface area contributed by atoms with E-state index in [1.807, 2.05) is 12.3 Å². The topological polar surface area (TPSA) is 49.4 Å². The molecular formula is C41H54N4OS. The maximum Gasteiger partial charge on any atom is 0.166 e. The van der Waals surface area contributed by atoms with Crippen LogP contribution in [0.4, 0.5) is 0 Å². The highest BCUT2D eigenvalue weighted by atomic mass is 32.1. The van der Waals surface area contributed by atoms with Crippen LogP contribution in [0.3, 0.4) is 0 Å². The van der Waals surface area contributed by atoms with E-state index in [1.165, 1.54) is 49.7 Å². The minimum Gasteiger partial charge on any atom is -0.497 e. The Bertz CT molecular complexity index is 1650. The van der Waals surface area contributed by atoms with Crippen molar-refractivity contribution in [1.82, 2.24) is 20.5 Å². The van der Waals surface area contributed by atoms with E-state index in [0.29, 0.717) is 29.7 Å². The quantitative estimate of drug-likeness (QED) is 0.188. The molecule has 47 heavy (non-hydrogen) atoms. The number of aromatic nitrogens is 1. The molecule has 2 aromatic carbocycles. The minimum absolute atomic E-state index is 0.0438. The van der Waals surface area contributed by atoms with Gasteiger partial charge in [-0.25, -0.2) is 0 Å². The molecule has 0 amide bonds. The number of rotatable bonds is 8. The molecule has 3 aromatic rings. The van der Waals surface area contributed by atoms with Gasteiger partial charge in [0.2, 0.25) is 0 Å². The summed E-state index contributed by atoms with van der Waals surface area (Å²) in [6.45, 7) is 17.0. The molecule has 5 nitrogen and oxygen atoms in total. The van der Waals surface area contributed by atoms with E-state index in [2.05, 4.69) is 92.3 Å². The van der Waals surface area contributed by atoms with Gasteiger partial charge in [0.05, 0.1) is 18.7 Å². The molecule has 6 heteroatoms. The summed E-state index contributed by atoms with van der Waals surface area (Å²) >= 11 is 6.20. The summed E-state index contributed by atoms with van der Waals surface area (Å²) in [6.07, 6.45) is 12.7. The first kappa shape index (κ1) is 32.6. The van der Waals surface area contributed by atoms with Crippen LogP contribution in [0, 0.1) is 23.2 Å². The van der Waals surface area contributed by atoms with Crippen molar-refractivity contribution in [2.45, 2.75) is 96.1 Å². The zero-order valence-corrected chi connectivity index (χ0v) is 30.0. The Morgan fingerprint density at radius 1 is 1.15 bits per heavy atom. The average molecular weight is 651 g/mol. The molecule has 4 fully saturated rings. The molecule has 1 saturated carbocycles. The number of pyridine rings is 1. The van der Waals surface area contributed by atoms with E-state index in [1.54, 1.807) is 18.2 Å². The summed E-state index contributed by atoms with van der Waals surface area (Å²) in [5, 5.41) is 9.61. The third kappa shape index (κ3) is 5.88. The van der Waals surface area contributed by atoms with Gasteiger partial charge in [-0.15, -0.1) is 6.58 Å². The highest BCUT2D eigenvalue weighted by molar-refractivity contribution is 7.80. The smallest absolute Gasteiger partial charge is 0.166 e. The Balaban J connectivity index is 1.14. The second kappa shape index (κ2) is 12.8. The molecule has 0 spiro atoms. The molecule has 1 aromatic heterocycles. The summed E-state index contributed by atoms with van der Waals surface area (Å²) in [5.41, 5.74) is 7.27. The van der Waals surface area contributed by atoms with Gasteiger partial charge < -0.3 is 15.4 Å². The van der Waals surface area contributed by atoms with E-state index in [-0.39, 0.29) is 16.9 Å². The molecule has 4 heterocycles. The molecular weight excluding hydrogens is 597 g/mol. The molecule has 0 radical (unpaired) electrons. The van der Waals surface area contributed by atoms with Crippen molar-refractivity contribution in [1.29, 1.82) is 0 Å². The Morgan fingerprint density at radius 3 is 2.74 bits per heavy atom. The Hall–Kier alpha value is -2.96. The fourth-order valence-corrected chi connectivity index (χ4v) is 10.5. The molecule has 2 bridgehead atoms. The van der Waals surface area contributed by atoms with E-state index in [9.17, 15) is 0 Å². The van der Waals surface area contributed by atoms with Gasteiger partial charge in [-0.2, -0.15) is 0 Å². The predicted octanol–water partition coefficient (Wildman–Crippen LogP) is 8.48. The first-order valence-electron chi connectivity index (χ1n) is 18.1. The van der Waals surface area contributed by atoms with Gasteiger partial charge in [-0.05, 0) is 138 Å². The van der Waals surface area contributed by atoms with Crippen molar-refractivity contribution in [2.75, 3.05) is 26.7 Å². The van der Waals surface area contributed by atoms with Crippen LogP contribution in [0.15, 0.2) is 61.3 Å². The number of benzene rings is 2. The fourth-order valence-electron chi connectivity index (χ4n) is 10.3. The second-order valence-electron chi connectivity index (χ2n) is 15.9. The van der Waals surface area contributed by atoms with Crippen molar-refractivity contribution in [3.63, 3.8) is 0 Å². The molecule has 3 aliphatic heterocycles. The molecule has 5 aliphatic rings. The third-order valence-electron chi connectivity index (χ3n) is 13.0. The lowest BCUT2D eigenvalue weighted by Crippen LogP contribution is -2.59. The number of nitrogens with zero attached hydrogens (tertiary/aromatic N) is 2. The number of aryl methyl sites for hydroxylation is 1. The van der Waals surface area contributed by atoms with Crippen molar-refractivity contribution in [3.8, 4) is 5.75 Å². The number of methoxy groups -OCH3 is 1. The van der Waals surface area contributed by atoms with E-state index < -0.39 is 0 Å². The standard InChI is InChI=1S/C41H54N4OS/c1-7-27-24-45-20-16-29(27)22-36(45)38(32-15-19-42-35-13-11-31(46-6)23-33(32)35)44-39(47)43-25-40(4)17-8-18-41(5)34-12-9-28(26(2)3)21-30(34)10-14-37(40)41/h7,9,11-13,15,19,21,23,26-27,29,36-38H,1,8,10,14,16-18,20,22,24-25H2,2-6H3,(H2,43,44,47)/t27-,29-,36-,37-,38-,40-,41+/m0/s1. The van der Waals surface area contributed by atoms with Crippen LogP contribution in [-0.4, -0.2) is 47.8 Å². The molecule has 2 N–H and O–H groups in total. The van der Waals surface area contributed by atoms with Crippen molar-refractivity contribution >= 4 is 28.2 Å².